The van der Waals surface area contributed by atoms with Crippen LogP contribution < -0.4 is 10.6 Å². The largest absolute Gasteiger partial charge is 0.392 e. The fourth-order valence-corrected chi connectivity index (χ4v) is 7.36. The second kappa shape index (κ2) is 13.5. The van der Waals surface area contributed by atoms with E-state index in [9.17, 15) is 5.11 Å². The van der Waals surface area contributed by atoms with Gasteiger partial charge in [0.1, 0.15) is 11.0 Å². The van der Waals surface area contributed by atoms with E-state index in [-0.39, 0.29) is 6.10 Å². The van der Waals surface area contributed by atoms with Crippen LogP contribution >= 0.6 is 0 Å². The lowest BCUT2D eigenvalue weighted by molar-refractivity contribution is 0.175. The van der Waals surface area contributed by atoms with E-state index < -0.39 is 0 Å². The van der Waals surface area contributed by atoms with Crippen molar-refractivity contribution in [2.75, 3.05) is 36.8 Å². The Labute approximate surface area is 287 Å². The topological polar surface area (TPSA) is 102 Å². The van der Waals surface area contributed by atoms with Crippen LogP contribution in [0.5, 0.6) is 0 Å². The van der Waals surface area contributed by atoms with Crippen LogP contribution in [0.3, 0.4) is 0 Å². The summed E-state index contributed by atoms with van der Waals surface area (Å²) in [6, 6.07) is 21.2. The molecule has 6 aromatic rings. The van der Waals surface area contributed by atoms with E-state index in [0.717, 1.165) is 98.7 Å². The second-order valence-electron chi connectivity index (χ2n) is 13.5. The van der Waals surface area contributed by atoms with Crippen molar-refractivity contribution < 1.29 is 5.11 Å². The van der Waals surface area contributed by atoms with Gasteiger partial charge in [0, 0.05) is 73.1 Å². The van der Waals surface area contributed by atoms with Gasteiger partial charge in [0.2, 0.25) is 0 Å². The van der Waals surface area contributed by atoms with Gasteiger partial charge in [-0.25, -0.2) is 9.97 Å². The first-order valence-electron chi connectivity index (χ1n) is 17.3. The Morgan fingerprint density at radius 3 is 1.71 bits per heavy atom. The Hall–Kier alpha value is -4.96. The third-order valence-corrected chi connectivity index (χ3v) is 10.0. The summed E-state index contributed by atoms with van der Waals surface area (Å²) in [5, 5.41) is 19.3. The van der Waals surface area contributed by atoms with Gasteiger partial charge in [-0.1, -0.05) is 24.3 Å². The molecular weight excluding hydrogens is 608 g/mol. The van der Waals surface area contributed by atoms with Crippen molar-refractivity contribution in [2.45, 2.75) is 52.3 Å². The molecule has 2 saturated heterocycles. The number of pyridine rings is 4. The zero-order chi connectivity index (χ0) is 33.3. The summed E-state index contributed by atoms with van der Waals surface area (Å²) in [7, 11) is 0. The van der Waals surface area contributed by atoms with E-state index in [1.165, 1.54) is 31.5 Å². The van der Waals surface area contributed by atoms with E-state index in [1.54, 1.807) is 0 Å². The summed E-state index contributed by atoms with van der Waals surface area (Å²) in [6.45, 7) is 9.99. The molecule has 0 aliphatic carbocycles. The normalized spacial score (nSPS) is 16.9. The maximum atomic E-state index is 9.92. The van der Waals surface area contributed by atoms with Crippen molar-refractivity contribution in [2.24, 2.45) is 0 Å². The number of likely N-dealkylation sites (tertiary alicyclic amines) is 2. The highest BCUT2D eigenvalue weighted by atomic mass is 16.3. The zero-order valence-electron chi connectivity index (χ0n) is 28.2. The third kappa shape index (κ3) is 6.57. The fourth-order valence-electron chi connectivity index (χ4n) is 7.36. The molecule has 3 N–H and O–H groups in total. The third-order valence-electron chi connectivity index (χ3n) is 10.0. The number of aromatic nitrogens is 4. The molecule has 49 heavy (non-hydrogen) atoms. The molecule has 0 saturated carbocycles. The Kier molecular flexibility index (Phi) is 8.63. The van der Waals surface area contributed by atoms with Crippen molar-refractivity contribution in [3.8, 4) is 11.1 Å². The SMILES string of the molecule is Cc1c(Nc2nccc3cc(CN4CCCC4)cnc23)cccc1-c1cccc(Nc2nccc3cc(CN4CC[C@H](O)C4)cnc23)c1C. The van der Waals surface area contributed by atoms with Gasteiger partial charge >= 0.3 is 0 Å². The molecule has 1 atom stereocenters. The molecule has 2 fully saturated rings. The van der Waals surface area contributed by atoms with Crippen molar-refractivity contribution in [1.82, 2.24) is 29.7 Å². The molecule has 9 heteroatoms. The van der Waals surface area contributed by atoms with Gasteiger partial charge in [-0.05, 0) is 116 Å². The lowest BCUT2D eigenvalue weighted by Crippen LogP contribution is -2.21. The van der Waals surface area contributed by atoms with Crippen LogP contribution in [0, 0.1) is 13.8 Å². The molecule has 0 amide bonds. The monoisotopic (exact) mass is 650 g/mol. The smallest absolute Gasteiger partial charge is 0.156 e. The quantitative estimate of drug-likeness (QED) is 0.147. The van der Waals surface area contributed by atoms with Crippen molar-refractivity contribution in [3.05, 3.63) is 108 Å². The molecule has 248 valence electrons. The second-order valence-corrected chi connectivity index (χ2v) is 13.5. The van der Waals surface area contributed by atoms with E-state index >= 15 is 0 Å². The number of β-amino-alcohol motifs (C(OH)–C–C–N with tert-alkyl or cyclic N) is 1. The maximum Gasteiger partial charge on any atom is 0.156 e. The van der Waals surface area contributed by atoms with E-state index in [4.69, 9.17) is 15.0 Å². The van der Waals surface area contributed by atoms with E-state index in [2.05, 4.69) is 87.8 Å². The lowest BCUT2D eigenvalue weighted by atomic mass is 9.94. The molecule has 8 rings (SSSR count). The van der Waals surface area contributed by atoms with Crippen molar-refractivity contribution in [1.29, 1.82) is 0 Å². The highest BCUT2D eigenvalue weighted by Crippen LogP contribution is 2.36. The number of rotatable bonds is 9. The molecule has 0 radical (unpaired) electrons. The van der Waals surface area contributed by atoms with Gasteiger partial charge in [-0.2, -0.15) is 0 Å². The van der Waals surface area contributed by atoms with Crippen molar-refractivity contribution >= 4 is 44.8 Å². The first kappa shape index (κ1) is 31.3. The Morgan fingerprint density at radius 2 is 1.20 bits per heavy atom. The van der Waals surface area contributed by atoms with E-state index in [0.29, 0.717) is 6.54 Å². The van der Waals surface area contributed by atoms with Gasteiger partial charge in [-0.3, -0.25) is 19.8 Å². The summed E-state index contributed by atoms with van der Waals surface area (Å²) < 4.78 is 0. The molecule has 6 heterocycles. The lowest BCUT2D eigenvalue weighted by Gasteiger charge is -2.18. The van der Waals surface area contributed by atoms with Gasteiger partial charge in [0.15, 0.2) is 11.6 Å². The van der Waals surface area contributed by atoms with Crippen LogP contribution in [-0.2, 0) is 13.1 Å². The molecule has 0 unspecified atom stereocenters. The number of benzene rings is 2. The van der Waals surface area contributed by atoms with Crippen LogP contribution in [0.4, 0.5) is 23.0 Å². The Morgan fingerprint density at radius 1 is 0.673 bits per heavy atom. The molecule has 9 nitrogen and oxygen atoms in total. The molecule has 2 aromatic carbocycles. The summed E-state index contributed by atoms with van der Waals surface area (Å²) in [4.78, 5) is 23.8. The number of anilines is 4. The van der Waals surface area contributed by atoms with Crippen LogP contribution in [0.1, 0.15) is 41.5 Å². The summed E-state index contributed by atoms with van der Waals surface area (Å²) in [5.74, 6) is 1.49. The van der Waals surface area contributed by atoms with Gasteiger partial charge in [0.25, 0.3) is 0 Å². The minimum Gasteiger partial charge on any atom is -0.392 e. The first-order valence-corrected chi connectivity index (χ1v) is 17.3. The average molecular weight is 651 g/mol. The summed E-state index contributed by atoms with van der Waals surface area (Å²) in [5.41, 5.74) is 10.6. The number of aliphatic hydroxyl groups excluding tert-OH is 1. The van der Waals surface area contributed by atoms with E-state index in [1.807, 2.05) is 36.9 Å². The number of hydrogen-bond donors (Lipinski definition) is 3. The number of hydrogen-bond acceptors (Lipinski definition) is 9. The maximum absolute atomic E-state index is 9.92. The zero-order valence-corrected chi connectivity index (χ0v) is 28.2. The minimum absolute atomic E-state index is 0.230. The van der Waals surface area contributed by atoms with Crippen LogP contribution in [0.15, 0.2) is 85.5 Å². The Balaban J connectivity index is 1.04. The van der Waals surface area contributed by atoms with Gasteiger partial charge in [0.05, 0.1) is 6.10 Å². The number of aliphatic hydroxyl groups is 1. The molecule has 4 aromatic heterocycles. The molecule has 0 bridgehead atoms. The highest BCUT2D eigenvalue weighted by molar-refractivity contribution is 5.92. The standard InChI is InChI=1S/C40H42N8O/c1-26-33(7-5-9-35(26)45-39-37-30(11-14-41-39)19-28(21-43-37)23-47-16-3-4-17-47)34-8-6-10-36(27(34)2)46-40-38-31(12-15-42-40)20-29(22-44-38)24-48-18-13-32(49)25-48/h5-12,14-15,19-22,32,49H,3-4,13,16-18,23-25H2,1-2H3,(H,41,45)(H,42,46)/t32-/m0/s1. The van der Waals surface area contributed by atoms with Crippen molar-refractivity contribution in [3.63, 3.8) is 0 Å². The molecule has 0 spiro atoms. The molecular formula is C40H42N8O. The predicted octanol–water partition coefficient (Wildman–Crippen LogP) is 7.51. The average Bonchev–Trinajstić information content (AvgIpc) is 3.78. The number of fused-ring (bicyclic) bond motifs is 2. The number of nitrogens with zero attached hydrogens (tertiary/aromatic N) is 6. The molecule has 2 aliphatic heterocycles. The molecule has 2 aliphatic rings. The van der Waals surface area contributed by atoms with Crippen LogP contribution in [0.25, 0.3) is 32.9 Å². The minimum atomic E-state index is -0.230. The van der Waals surface area contributed by atoms with Gasteiger partial charge < -0.3 is 15.7 Å². The van der Waals surface area contributed by atoms with Gasteiger partial charge in [-0.15, -0.1) is 0 Å². The van der Waals surface area contributed by atoms with Crippen LogP contribution in [0.2, 0.25) is 0 Å². The fraction of sp³-hybridized carbons (Fsp3) is 0.300. The summed E-state index contributed by atoms with van der Waals surface area (Å²) in [6.07, 6.45) is 10.8. The Bertz CT molecular complexity index is 2140. The summed E-state index contributed by atoms with van der Waals surface area (Å²) >= 11 is 0. The predicted molar refractivity (Wildman–Crippen MR) is 197 cm³/mol. The first-order chi connectivity index (χ1) is 24.0. The highest BCUT2D eigenvalue weighted by Gasteiger charge is 2.21. The number of nitrogens with one attached hydrogen (secondary N) is 2. The van der Waals surface area contributed by atoms with Crippen LogP contribution in [-0.4, -0.2) is 67.1 Å².